The van der Waals surface area contributed by atoms with Crippen LogP contribution in [0.4, 0.5) is 0 Å². The molecule has 0 aliphatic carbocycles. The third-order valence-corrected chi connectivity index (χ3v) is 2.68. The number of rotatable bonds is 1. The first-order chi connectivity index (χ1) is 7.57. The highest BCUT2D eigenvalue weighted by Crippen LogP contribution is 2.17. The summed E-state index contributed by atoms with van der Waals surface area (Å²) >= 11 is 0. The van der Waals surface area contributed by atoms with Crippen LogP contribution in [-0.2, 0) is 5.54 Å². The summed E-state index contributed by atoms with van der Waals surface area (Å²) in [5.74, 6) is 0. The lowest BCUT2D eigenvalue weighted by Crippen LogP contribution is -2.49. The van der Waals surface area contributed by atoms with E-state index in [1.807, 2.05) is 6.07 Å². The Labute approximate surface area is 97.4 Å². The Kier molecular flexibility index (Phi) is 2.78. The second kappa shape index (κ2) is 4.09. The van der Waals surface area contributed by atoms with Gasteiger partial charge < -0.3 is 0 Å². The standard InChI is InChI=1S/C15H18N/c1-15(2,3)16-11-7-10-14(12-16)13-8-5-4-6-9-13/h4-12H,1-3H3/q+1. The van der Waals surface area contributed by atoms with Crippen LogP contribution in [0.5, 0.6) is 0 Å². The minimum absolute atomic E-state index is 0.130. The number of pyridine rings is 1. The zero-order chi connectivity index (χ0) is 11.6. The van der Waals surface area contributed by atoms with E-state index in [0.717, 1.165) is 0 Å². The third-order valence-electron chi connectivity index (χ3n) is 2.68. The van der Waals surface area contributed by atoms with E-state index in [1.54, 1.807) is 0 Å². The molecule has 0 unspecified atom stereocenters. The summed E-state index contributed by atoms with van der Waals surface area (Å²) in [6.45, 7) is 6.63. The fourth-order valence-corrected chi connectivity index (χ4v) is 1.69. The molecular weight excluding hydrogens is 194 g/mol. The van der Waals surface area contributed by atoms with Crippen molar-refractivity contribution in [2.24, 2.45) is 0 Å². The molecule has 0 saturated heterocycles. The van der Waals surface area contributed by atoms with Crippen LogP contribution in [0.2, 0.25) is 0 Å². The largest absolute Gasteiger partial charge is 0.200 e. The summed E-state index contributed by atoms with van der Waals surface area (Å²) in [5, 5.41) is 0. The highest BCUT2D eigenvalue weighted by molar-refractivity contribution is 5.61. The summed E-state index contributed by atoms with van der Waals surface area (Å²) in [5.41, 5.74) is 2.66. The molecule has 1 heteroatoms. The van der Waals surface area contributed by atoms with Gasteiger partial charge in [0.05, 0.1) is 0 Å². The van der Waals surface area contributed by atoms with E-state index in [9.17, 15) is 0 Å². The molecule has 0 atom stereocenters. The maximum atomic E-state index is 2.25. The van der Waals surface area contributed by atoms with Gasteiger partial charge in [-0.05, 0) is 11.6 Å². The SMILES string of the molecule is CC(C)(C)[n+]1cccc(-c2ccccc2)c1. The lowest BCUT2D eigenvalue weighted by atomic mass is 10.1. The molecular formula is C15H18N+. The van der Waals surface area contributed by atoms with Crippen LogP contribution in [0.25, 0.3) is 11.1 Å². The Bertz CT molecular complexity index is 466. The molecule has 0 bridgehead atoms. The van der Waals surface area contributed by atoms with Crippen LogP contribution >= 0.6 is 0 Å². The van der Waals surface area contributed by atoms with E-state index in [2.05, 4.69) is 74.1 Å². The van der Waals surface area contributed by atoms with Gasteiger partial charge in [-0.15, -0.1) is 0 Å². The van der Waals surface area contributed by atoms with Gasteiger partial charge in [-0.2, -0.15) is 0 Å². The van der Waals surface area contributed by atoms with E-state index in [-0.39, 0.29) is 5.54 Å². The number of aromatic nitrogens is 1. The van der Waals surface area contributed by atoms with Crippen molar-refractivity contribution < 1.29 is 4.57 Å². The summed E-state index contributed by atoms with van der Waals surface area (Å²) in [6.07, 6.45) is 4.32. The Morgan fingerprint density at radius 2 is 1.44 bits per heavy atom. The molecule has 0 radical (unpaired) electrons. The Morgan fingerprint density at radius 1 is 0.812 bits per heavy atom. The second-order valence-electron chi connectivity index (χ2n) is 5.04. The molecule has 2 aromatic rings. The van der Waals surface area contributed by atoms with Gasteiger partial charge in [0.25, 0.3) is 0 Å². The van der Waals surface area contributed by atoms with Gasteiger partial charge in [0.15, 0.2) is 17.9 Å². The van der Waals surface area contributed by atoms with E-state index in [1.165, 1.54) is 11.1 Å². The Morgan fingerprint density at radius 3 is 2.06 bits per heavy atom. The molecule has 0 fully saturated rings. The molecule has 0 amide bonds. The summed E-state index contributed by atoms with van der Waals surface area (Å²) in [7, 11) is 0. The highest BCUT2D eigenvalue weighted by Gasteiger charge is 2.21. The summed E-state index contributed by atoms with van der Waals surface area (Å²) in [4.78, 5) is 0. The number of benzene rings is 1. The molecule has 1 aromatic heterocycles. The molecule has 0 saturated carbocycles. The van der Waals surface area contributed by atoms with Crippen LogP contribution < -0.4 is 4.57 Å². The molecule has 1 aromatic carbocycles. The lowest BCUT2D eigenvalue weighted by Gasteiger charge is -2.13. The first-order valence-corrected chi connectivity index (χ1v) is 5.64. The molecule has 16 heavy (non-hydrogen) atoms. The topological polar surface area (TPSA) is 3.88 Å². The average molecular weight is 212 g/mol. The third kappa shape index (κ3) is 2.30. The molecule has 0 aliphatic heterocycles. The van der Waals surface area contributed by atoms with Crippen molar-refractivity contribution in [1.29, 1.82) is 0 Å². The van der Waals surface area contributed by atoms with Gasteiger partial charge in [0.1, 0.15) is 0 Å². The fraction of sp³-hybridized carbons (Fsp3) is 0.267. The zero-order valence-electron chi connectivity index (χ0n) is 10.1. The monoisotopic (exact) mass is 212 g/mol. The van der Waals surface area contributed by atoms with Gasteiger partial charge in [-0.3, -0.25) is 0 Å². The molecule has 82 valence electrons. The second-order valence-corrected chi connectivity index (χ2v) is 5.04. The van der Waals surface area contributed by atoms with Crippen LogP contribution in [0.15, 0.2) is 54.9 Å². The smallest absolute Gasteiger partial charge is 0.177 e. The van der Waals surface area contributed by atoms with E-state index >= 15 is 0 Å². The molecule has 1 nitrogen and oxygen atoms in total. The number of nitrogens with zero attached hydrogens (tertiary/aromatic N) is 1. The van der Waals surface area contributed by atoms with Gasteiger partial charge in [-0.25, -0.2) is 4.57 Å². The van der Waals surface area contributed by atoms with Crippen LogP contribution in [0, 0.1) is 0 Å². The predicted octanol–water partition coefficient (Wildman–Crippen LogP) is 3.40. The molecule has 0 spiro atoms. The normalized spacial score (nSPS) is 11.4. The Balaban J connectivity index is 2.45. The maximum absolute atomic E-state index is 2.25. The Hall–Kier alpha value is -1.63. The van der Waals surface area contributed by atoms with Crippen molar-refractivity contribution in [3.8, 4) is 11.1 Å². The quantitative estimate of drug-likeness (QED) is 0.638. The molecule has 2 rings (SSSR count). The van der Waals surface area contributed by atoms with Crippen molar-refractivity contribution >= 4 is 0 Å². The van der Waals surface area contributed by atoms with Crippen molar-refractivity contribution in [2.75, 3.05) is 0 Å². The van der Waals surface area contributed by atoms with E-state index in [4.69, 9.17) is 0 Å². The van der Waals surface area contributed by atoms with Gasteiger partial charge in [0.2, 0.25) is 0 Å². The lowest BCUT2D eigenvalue weighted by molar-refractivity contribution is -0.753. The van der Waals surface area contributed by atoms with Crippen LogP contribution in [-0.4, -0.2) is 0 Å². The first-order valence-electron chi connectivity index (χ1n) is 5.64. The van der Waals surface area contributed by atoms with E-state index < -0.39 is 0 Å². The molecule has 0 N–H and O–H groups in total. The summed E-state index contributed by atoms with van der Waals surface area (Å²) < 4.78 is 2.25. The van der Waals surface area contributed by atoms with Gasteiger partial charge >= 0.3 is 0 Å². The van der Waals surface area contributed by atoms with Crippen molar-refractivity contribution in [3.05, 3.63) is 54.9 Å². The predicted molar refractivity (Wildman–Crippen MR) is 67.1 cm³/mol. The minimum atomic E-state index is 0.130. The molecule has 0 aliphatic rings. The van der Waals surface area contributed by atoms with Crippen molar-refractivity contribution in [2.45, 2.75) is 26.3 Å². The maximum Gasteiger partial charge on any atom is 0.177 e. The number of hydrogen-bond donors (Lipinski definition) is 0. The minimum Gasteiger partial charge on any atom is -0.200 e. The average Bonchev–Trinajstić information content (AvgIpc) is 2.29. The van der Waals surface area contributed by atoms with Gasteiger partial charge in [0, 0.05) is 32.4 Å². The summed E-state index contributed by atoms with van der Waals surface area (Å²) in [6, 6.07) is 14.7. The number of hydrogen-bond acceptors (Lipinski definition) is 0. The fourth-order valence-electron chi connectivity index (χ4n) is 1.69. The molecule has 1 heterocycles. The van der Waals surface area contributed by atoms with E-state index in [0.29, 0.717) is 0 Å². The van der Waals surface area contributed by atoms with Crippen molar-refractivity contribution in [3.63, 3.8) is 0 Å². The van der Waals surface area contributed by atoms with Gasteiger partial charge in [-0.1, -0.05) is 30.3 Å². The van der Waals surface area contributed by atoms with Crippen LogP contribution in [0.1, 0.15) is 20.8 Å². The highest BCUT2D eigenvalue weighted by atomic mass is 15.0. The van der Waals surface area contributed by atoms with Crippen LogP contribution in [0.3, 0.4) is 0 Å². The van der Waals surface area contributed by atoms with Crippen molar-refractivity contribution in [1.82, 2.24) is 0 Å². The first kappa shape index (κ1) is 10.9. The zero-order valence-corrected chi connectivity index (χ0v) is 10.1.